The molecule has 1 saturated heterocycles. The molecule has 3 nitrogen and oxygen atoms in total. The number of nitrogens with zero attached hydrogens (tertiary/aromatic N) is 2. The fraction of sp³-hybridized carbons (Fsp3) is 0.643. The molecule has 18 heavy (non-hydrogen) atoms. The van der Waals surface area contributed by atoms with E-state index in [4.69, 9.17) is 0 Å². The second-order valence-corrected chi connectivity index (χ2v) is 6.00. The van der Waals surface area contributed by atoms with Gasteiger partial charge >= 0.3 is 0 Å². The number of nitrogens with one attached hydrogen (secondary N) is 1. The van der Waals surface area contributed by atoms with Crippen molar-refractivity contribution in [3.63, 3.8) is 0 Å². The van der Waals surface area contributed by atoms with Crippen molar-refractivity contribution in [2.24, 2.45) is 5.92 Å². The molecule has 0 atom stereocenters. The maximum atomic E-state index is 4.56. The van der Waals surface area contributed by atoms with Crippen molar-refractivity contribution < 1.29 is 0 Å². The van der Waals surface area contributed by atoms with E-state index >= 15 is 0 Å². The zero-order valence-corrected chi connectivity index (χ0v) is 12.8. The van der Waals surface area contributed by atoms with Gasteiger partial charge in [0, 0.05) is 19.3 Å². The zero-order chi connectivity index (χ0) is 13.0. The van der Waals surface area contributed by atoms with Crippen molar-refractivity contribution in [1.29, 1.82) is 0 Å². The van der Waals surface area contributed by atoms with Crippen molar-refractivity contribution in [3.05, 3.63) is 22.3 Å². The third-order valence-electron chi connectivity index (χ3n) is 3.68. The number of halogens is 1. The molecule has 2 rings (SSSR count). The molecule has 2 heterocycles. The Kier molecular flexibility index (Phi) is 5.01. The van der Waals surface area contributed by atoms with Crippen LogP contribution in [0.5, 0.6) is 0 Å². The Labute approximate surface area is 118 Å². The van der Waals surface area contributed by atoms with E-state index in [1.165, 1.54) is 24.8 Å². The first-order valence-corrected chi connectivity index (χ1v) is 7.51. The summed E-state index contributed by atoms with van der Waals surface area (Å²) in [4.78, 5) is 6.96. The Balaban J connectivity index is 1.93. The summed E-state index contributed by atoms with van der Waals surface area (Å²) in [5, 5.41) is 3.24. The summed E-state index contributed by atoms with van der Waals surface area (Å²) in [6, 6.07) is 2.15. The predicted molar refractivity (Wildman–Crippen MR) is 80.2 cm³/mol. The summed E-state index contributed by atoms with van der Waals surface area (Å²) in [5.41, 5.74) is 1.20. The number of rotatable bonds is 4. The van der Waals surface area contributed by atoms with Gasteiger partial charge in [0.2, 0.25) is 0 Å². The van der Waals surface area contributed by atoms with Crippen LogP contribution in [0.3, 0.4) is 0 Å². The van der Waals surface area contributed by atoms with E-state index in [0.717, 1.165) is 35.8 Å². The molecule has 0 radical (unpaired) electrons. The first-order chi connectivity index (χ1) is 8.70. The van der Waals surface area contributed by atoms with Crippen LogP contribution in [0.2, 0.25) is 0 Å². The molecule has 0 unspecified atom stereocenters. The lowest BCUT2D eigenvalue weighted by Gasteiger charge is -2.33. The number of aryl methyl sites for hydroxylation is 1. The largest absolute Gasteiger partial charge is 0.356 e. The molecule has 0 aromatic carbocycles. The van der Waals surface area contributed by atoms with Crippen LogP contribution in [0.15, 0.2) is 16.7 Å². The average molecular weight is 312 g/mol. The van der Waals surface area contributed by atoms with Crippen LogP contribution in [0.25, 0.3) is 0 Å². The fourth-order valence-corrected chi connectivity index (χ4v) is 3.26. The molecule has 1 aromatic heterocycles. The highest BCUT2D eigenvalue weighted by Crippen LogP contribution is 2.29. The molecule has 1 aliphatic rings. The SMILES string of the molecule is CNCCC1CCN(c2ncc(C)cc2Br)CC1. The smallest absolute Gasteiger partial charge is 0.142 e. The first kappa shape index (κ1) is 13.8. The van der Waals surface area contributed by atoms with Crippen LogP contribution in [-0.4, -0.2) is 31.7 Å². The maximum absolute atomic E-state index is 4.56. The zero-order valence-electron chi connectivity index (χ0n) is 11.2. The minimum atomic E-state index is 0.873. The van der Waals surface area contributed by atoms with Crippen LogP contribution in [0, 0.1) is 12.8 Å². The molecule has 0 aliphatic carbocycles. The van der Waals surface area contributed by atoms with E-state index in [1.54, 1.807) is 0 Å². The van der Waals surface area contributed by atoms with Crippen LogP contribution in [0.1, 0.15) is 24.8 Å². The van der Waals surface area contributed by atoms with Crippen molar-refractivity contribution >= 4 is 21.7 Å². The van der Waals surface area contributed by atoms with E-state index < -0.39 is 0 Å². The molecule has 1 aromatic rings. The number of aromatic nitrogens is 1. The summed E-state index contributed by atoms with van der Waals surface area (Å²) in [5.74, 6) is 1.98. The maximum Gasteiger partial charge on any atom is 0.142 e. The summed E-state index contributed by atoms with van der Waals surface area (Å²) in [6.45, 7) is 5.47. The topological polar surface area (TPSA) is 28.2 Å². The lowest BCUT2D eigenvalue weighted by molar-refractivity contribution is 0.377. The summed E-state index contributed by atoms with van der Waals surface area (Å²) in [7, 11) is 2.03. The van der Waals surface area contributed by atoms with Gasteiger partial charge in [0.05, 0.1) is 4.47 Å². The van der Waals surface area contributed by atoms with E-state index in [0.29, 0.717) is 0 Å². The second-order valence-electron chi connectivity index (χ2n) is 5.14. The molecule has 1 fully saturated rings. The van der Waals surface area contributed by atoms with Crippen LogP contribution in [0.4, 0.5) is 5.82 Å². The molecule has 0 bridgehead atoms. The Morgan fingerprint density at radius 1 is 1.44 bits per heavy atom. The highest BCUT2D eigenvalue weighted by Gasteiger charge is 2.21. The third kappa shape index (κ3) is 3.45. The molecular weight excluding hydrogens is 290 g/mol. The van der Waals surface area contributed by atoms with Gasteiger partial charge in [0.1, 0.15) is 5.82 Å². The first-order valence-electron chi connectivity index (χ1n) is 6.72. The number of piperidine rings is 1. The molecule has 0 saturated carbocycles. The van der Waals surface area contributed by atoms with Gasteiger partial charge in [-0.3, -0.25) is 0 Å². The van der Waals surface area contributed by atoms with Crippen molar-refractivity contribution in [2.75, 3.05) is 31.6 Å². The van der Waals surface area contributed by atoms with Gasteiger partial charge in [-0.15, -0.1) is 0 Å². The highest BCUT2D eigenvalue weighted by atomic mass is 79.9. The molecular formula is C14H22BrN3. The normalized spacial score (nSPS) is 17.2. The van der Waals surface area contributed by atoms with Crippen molar-refractivity contribution in [1.82, 2.24) is 10.3 Å². The summed E-state index contributed by atoms with van der Waals surface area (Å²) < 4.78 is 1.12. The number of hydrogen-bond acceptors (Lipinski definition) is 3. The average Bonchev–Trinajstić information content (AvgIpc) is 2.37. The van der Waals surface area contributed by atoms with E-state index in [1.807, 2.05) is 13.2 Å². The number of pyridine rings is 1. The van der Waals surface area contributed by atoms with Crippen molar-refractivity contribution in [2.45, 2.75) is 26.2 Å². The van der Waals surface area contributed by atoms with Gasteiger partial charge in [-0.1, -0.05) is 0 Å². The Morgan fingerprint density at radius 3 is 2.78 bits per heavy atom. The van der Waals surface area contributed by atoms with Gasteiger partial charge in [-0.05, 0) is 73.3 Å². The second kappa shape index (κ2) is 6.53. The Bertz CT molecular complexity index is 387. The molecule has 0 spiro atoms. The van der Waals surface area contributed by atoms with Gasteiger partial charge in [0.15, 0.2) is 0 Å². The molecule has 100 valence electrons. The molecule has 0 amide bonds. The minimum Gasteiger partial charge on any atom is -0.356 e. The van der Waals surface area contributed by atoms with Crippen LogP contribution in [-0.2, 0) is 0 Å². The standard InChI is InChI=1S/C14H22BrN3/c1-11-9-13(15)14(17-10-11)18-7-4-12(5-8-18)3-6-16-2/h9-10,12,16H,3-8H2,1-2H3. The lowest BCUT2D eigenvalue weighted by Crippen LogP contribution is -2.35. The lowest BCUT2D eigenvalue weighted by atomic mass is 9.93. The van der Waals surface area contributed by atoms with E-state index in [-0.39, 0.29) is 0 Å². The predicted octanol–water partition coefficient (Wildman–Crippen LogP) is 2.98. The molecule has 1 N–H and O–H groups in total. The van der Waals surface area contributed by atoms with E-state index in [2.05, 4.69) is 44.1 Å². The van der Waals surface area contributed by atoms with E-state index in [9.17, 15) is 0 Å². The van der Waals surface area contributed by atoms with Crippen LogP contribution < -0.4 is 10.2 Å². The van der Waals surface area contributed by atoms with Gasteiger partial charge in [-0.2, -0.15) is 0 Å². The van der Waals surface area contributed by atoms with Gasteiger partial charge in [-0.25, -0.2) is 4.98 Å². The third-order valence-corrected chi connectivity index (χ3v) is 4.26. The van der Waals surface area contributed by atoms with Gasteiger partial charge < -0.3 is 10.2 Å². The van der Waals surface area contributed by atoms with Crippen LogP contribution >= 0.6 is 15.9 Å². The van der Waals surface area contributed by atoms with Gasteiger partial charge in [0.25, 0.3) is 0 Å². The molecule has 4 heteroatoms. The summed E-state index contributed by atoms with van der Waals surface area (Å²) in [6.07, 6.45) is 5.81. The number of anilines is 1. The number of hydrogen-bond donors (Lipinski definition) is 1. The Hall–Kier alpha value is -0.610. The van der Waals surface area contributed by atoms with Crippen molar-refractivity contribution in [3.8, 4) is 0 Å². The summed E-state index contributed by atoms with van der Waals surface area (Å²) >= 11 is 3.63. The quantitative estimate of drug-likeness (QED) is 0.926. The monoisotopic (exact) mass is 311 g/mol. The minimum absolute atomic E-state index is 0.873. The Morgan fingerprint density at radius 2 is 2.17 bits per heavy atom. The molecule has 1 aliphatic heterocycles. The highest BCUT2D eigenvalue weighted by molar-refractivity contribution is 9.10. The fourth-order valence-electron chi connectivity index (χ4n) is 2.54.